The highest BCUT2D eigenvalue weighted by molar-refractivity contribution is 7.13. The number of piperidine rings is 1. The van der Waals surface area contributed by atoms with E-state index in [1.165, 1.54) is 19.3 Å². The van der Waals surface area contributed by atoms with E-state index in [9.17, 15) is 19.2 Å². The summed E-state index contributed by atoms with van der Waals surface area (Å²) in [4.78, 5) is 54.0. The van der Waals surface area contributed by atoms with E-state index in [1.807, 2.05) is 17.5 Å². The predicted molar refractivity (Wildman–Crippen MR) is 139 cm³/mol. The Balaban J connectivity index is 0.000000332. The van der Waals surface area contributed by atoms with Crippen LogP contribution in [-0.4, -0.2) is 90.4 Å². The lowest BCUT2D eigenvalue weighted by atomic mass is 9.96. The minimum Gasteiger partial charge on any atom is -0.481 e. The van der Waals surface area contributed by atoms with Gasteiger partial charge >= 0.3 is 17.9 Å². The SMILES string of the molecule is CCC(CN1CCCCC1)NC(=O)Cc1csc(-c2cccnc2)n1.O=C(O)CC(O)(CC(=O)O)C(=O)O. The summed E-state index contributed by atoms with van der Waals surface area (Å²) in [7, 11) is 0. The van der Waals surface area contributed by atoms with Gasteiger partial charge in [-0.15, -0.1) is 11.3 Å². The number of carbonyl (C=O) groups is 4. The second kappa shape index (κ2) is 15.1. The molecule has 12 nitrogen and oxygen atoms in total. The van der Waals surface area contributed by atoms with Gasteiger partial charge in [-0.25, -0.2) is 9.78 Å². The number of nitrogens with one attached hydrogen (secondary N) is 1. The monoisotopic (exact) mass is 550 g/mol. The summed E-state index contributed by atoms with van der Waals surface area (Å²) in [5, 5.41) is 39.9. The van der Waals surface area contributed by atoms with Gasteiger partial charge in [-0.05, 0) is 44.5 Å². The highest BCUT2D eigenvalue weighted by Crippen LogP contribution is 2.23. The van der Waals surface area contributed by atoms with Gasteiger partial charge in [-0.1, -0.05) is 13.3 Å². The third-order valence-electron chi connectivity index (χ3n) is 5.87. The molecule has 1 amide bonds. The number of nitrogens with zero attached hydrogens (tertiary/aromatic N) is 3. The number of pyridine rings is 1. The van der Waals surface area contributed by atoms with E-state index >= 15 is 0 Å². The Bertz CT molecular complexity index is 1060. The van der Waals surface area contributed by atoms with Crippen molar-refractivity contribution in [2.45, 2.75) is 63.5 Å². The number of carboxylic acids is 3. The Hall–Kier alpha value is -3.42. The average Bonchev–Trinajstić information content (AvgIpc) is 3.32. The van der Waals surface area contributed by atoms with Crippen molar-refractivity contribution in [3.8, 4) is 10.6 Å². The van der Waals surface area contributed by atoms with Gasteiger partial charge in [0.15, 0.2) is 5.60 Å². The molecule has 1 aliphatic rings. The van der Waals surface area contributed by atoms with Crippen molar-refractivity contribution >= 4 is 35.2 Å². The van der Waals surface area contributed by atoms with E-state index < -0.39 is 36.4 Å². The summed E-state index contributed by atoms with van der Waals surface area (Å²) in [6.07, 6.45) is 6.45. The van der Waals surface area contributed by atoms with Crippen LogP contribution in [0.15, 0.2) is 29.9 Å². The number of aromatic nitrogens is 2. The Morgan fingerprint density at radius 2 is 1.76 bits per heavy atom. The maximum atomic E-state index is 12.4. The van der Waals surface area contributed by atoms with Crippen LogP contribution in [0.1, 0.15) is 51.1 Å². The van der Waals surface area contributed by atoms with Gasteiger partial charge in [0.1, 0.15) is 5.01 Å². The molecule has 0 saturated carbocycles. The fourth-order valence-electron chi connectivity index (χ4n) is 3.90. The van der Waals surface area contributed by atoms with Crippen LogP contribution in [0.25, 0.3) is 10.6 Å². The number of hydrogen-bond acceptors (Lipinski definition) is 9. The molecule has 208 valence electrons. The van der Waals surface area contributed by atoms with Crippen LogP contribution in [0.4, 0.5) is 0 Å². The van der Waals surface area contributed by atoms with Crippen molar-refractivity contribution in [3.63, 3.8) is 0 Å². The molecule has 5 N–H and O–H groups in total. The van der Waals surface area contributed by atoms with Crippen LogP contribution in [0, 0.1) is 0 Å². The minimum atomic E-state index is -2.74. The smallest absolute Gasteiger partial charge is 0.336 e. The van der Waals surface area contributed by atoms with Crippen LogP contribution in [0.3, 0.4) is 0 Å². The number of aliphatic carboxylic acids is 3. The highest BCUT2D eigenvalue weighted by Gasteiger charge is 2.40. The first kappa shape index (κ1) is 30.8. The summed E-state index contributed by atoms with van der Waals surface area (Å²) in [6, 6.07) is 4.11. The molecular formula is C25H34N4O8S. The number of rotatable bonds is 12. The molecule has 0 aliphatic carbocycles. The van der Waals surface area contributed by atoms with E-state index in [0.717, 1.165) is 42.3 Å². The number of thiazole rings is 1. The zero-order valence-corrected chi connectivity index (χ0v) is 22.0. The van der Waals surface area contributed by atoms with Gasteiger partial charge in [0, 0.05) is 35.9 Å². The molecule has 2 aromatic heterocycles. The van der Waals surface area contributed by atoms with Gasteiger partial charge in [0.05, 0.1) is 25.0 Å². The minimum absolute atomic E-state index is 0.0619. The van der Waals surface area contributed by atoms with E-state index in [-0.39, 0.29) is 11.9 Å². The number of amides is 1. The number of hydrogen-bond donors (Lipinski definition) is 5. The predicted octanol–water partition coefficient (Wildman–Crippen LogP) is 1.88. The third kappa shape index (κ3) is 10.5. The van der Waals surface area contributed by atoms with Gasteiger partial charge in [-0.2, -0.15) is 0 Å². The van der Waals surface area contributed by atoms with Crippen LogP contribution < -0.4 is 5.32 Å². The number of likely N-dealkylation sites (tertiary alicyclic amines) is 1. The summed E-state index contributed by atoms with van der Waals surface area (Å²) in [6.45, 7) is 5.42. The Morgan fingerprint density at radius 3 is 2.29 bits per heavy atom. The fourth-order valence-corrected chi connectivity index (χ4v) is 4.71. The zero-order valence-electron chi connectivity index (χ0n) is 21.2. The first-order chi connectivity index (χ1) is 18.0. The molecule has 1 saturated heterocycles. The maximum Gasteiger partial charge on any atom is 0.336 e. The van der Waals surface area contributed by atoms with Gasteiger partial charge in [0.2, 0.25) is 5.91 Å². The largest absolute Gasteiger partial charge is 0.481 e. The van der Waals surface area contributed by atoms with Crippen molar-refractivity contribution in [1.29, 1.82) is 0 Å². The first-order valence-electron chi connectivity index (χ1n) is 12.3. The molecule has 13 heteroatoms. The molecule has 3 rings (SSSR count). The molecule has 1 fully saturated rings. The highest BCUT2D eigenvalue weighted by atomic mass is 32.1. The molecule has 3 heterocycles. The Morgan fingerprint density at radius 1 is 1.11 bits per heavy atom. The molecular weight excluding hydrogens is 516 g/mol. The molecule has 38 heavy (non-hydrogen) atoms. The first-order valence-corrected chi connectivity index (χ1v) is 13.2. The van der Waals surface area contributed by atoms with Crippen LogP contribution in [0.2, 0.25) is 0 Å². The van der Waals surface area contributed by atoms with Crippen LogP contribution in [0.5, 0.6) is 0 Å². The Labute approximate surface area is 224 Å². The standard InChI is InChI=1S/C19H26N4OS.C6H8O7/c1-2-16(13-23-9-4-3-5-10-23)21-18(24)11-17-14-25-19(22-17)15-7-6-8-20-12-15;7-3(8)1-6(13,5(11)12)2-4(9)10/h6-8,12,14,16H,2-5,9-11,13H2,1H3,(H,21,24);13H,1-2H2,(H,7,8)(H,9,10)(H,11,12). The van der Waals surface area contributed by atoms with Gasteiger partial charge in [0.25, 0.3) is 0 Å². The third-order valence-corrected chi connectivity index (χ3v) is 6.81. The van der Waals surface area contributed by atoms with Crippen molar-refractivity contribution in [3.05, 3.63) is 35.6 Å². The number of aliphatic hydroxyl groups is 1. The summed E-state index contributed by atoms with van der Waals surface area (Å²) >= 11 is 1.56. The lowest BCUT2D eigenvalue weighted by Gasteiger charge is -2.30. The molecule has 0 bridgehead atoms. The summed E-state index contributed by atoms with van der Waals surface area (Å²) < 4.78 is 0. The van der Waals surface area contributed by atoms with E-state index in [1.54, 1.807) is 23.7 Å². The zero-order chi connectivity index (χ0) is 28.1. The summed E-state index contributed by atoms with van der Waals surface area (Å²) in [5.74, 6) is -4.96. The second-order valence-corrected chi connectivity index (χ2v) is 9.93. The van der Waals surface area contributed by atoms with Crippen molar-refractivity contribution in [1.82, 2.24) is 20.2 Å². The Kier molecular flexibility index (Phi) is 12.2. The molecule has 0 aromatic carbocycles. The summed E-state index contributed by atoms with van der Waals surface area (Å²) in [5.41, 5.74) is -0.914. The molecule has 1 unspecified atom stereocenters. The van der Waals surface area contributed by atoms with Crippen molar-refractivity contribution < 1.29 is 39.6 Å². The fraction of sp³-hybridized carbons (Fsp3) is 0.520. The number of carbonyl (C=O) groups excluding carboxylic acids is 1. The molecule has 1 aliphatic heterocycles. The van der Waals surface area contributed by atoms with Crippen LogP contribution >= 0.6 is 11.3 Å². The van der Waals surface area contributed by atoms with Crippen molar-refractivity contribution in [2.75, 3.05) is 19.6 Å². The molecule has 2 aromatic rings. The normalized spacial score (nSPS) is 14.6. The topological polar surface area (TPSA) is 190 Å². The lowest BCUT2D eigenvalue weighted by molar-refractivity contribution is -0.170. The lowest BCUT2D eigenvalue weighted by Crippen LogP contribution is -2.45. The molecule has 0 radical (unpaired) electrons. The van der Waals surface area contributed by atoms with E-state index in [0.29, 0.717) is 6.42 Å². The quantitative estimate of drug-likeness (QED) is 0.259. The average molecular weight is 551 g/mol. The van der Waals surface area contributed by atoms with E-state index in [2.05, 4.69) is 27.1 Å². The van der Waals surface area contributed by atoms with Crippen molar-refractivity contribution in [2.24, 2.45) is 0 Å². The molecule has 1 atom stereocenters. The van der Waals surface area contributed by atoms with Crippen LogP contribution in [-0.2, 0) is 25.6 Å². The van der Waals surface area contributed by atoms with Gasteiger partial charge < -0.3 is 30.6 Å². The molecule has 0 spiro atoms. The van der Waals surface area contributed by atoms with E-state index in [4.69, 9.17) is 20.4 Å². The number of carboxylic acid groups (broad SMARTS) is 3. The second-order valence-electron chi connectivity index (χ2n) is 9.07. The maximum absolute atomic E-state index is 12.4. The van der Waals surface area contributed by atoms with Gasteiger partial charge in [-0.3, -0.25) is 19.4 Å².